The molecule has 0 aliphatic heterocycles. The minimum atomic E-state index is -3.74. The number of thiophene rings is 1. The molecule has 0 spiro atoms. The molecule has 0 saturated carbocycles. The van der Waals surface area contributed by atoms with Crippen LogP contribution in [0.5, 0.6) is 5.88 Å². The Morgan fingerprint density at radius 3 is 2.80 bits per heavy atom. The van der Waals surface area contributed by atoms with E-state index in [2.05, 4.69) is 9.97 Å². The molecule has 0 amide bonds. The van der Waals surface area contributed by atoms with Gasteiger partial charge in [0.2, 0.25) is 5.88 Å². The lowest BCUT2D eigenvalue weighted by Crippen LogP contribution is -2.08. The summed E-state index contributed by atoms with van der Waals surface area (Å²) >= 11 is 1.09. The molecule has 0 aliphatic carbocycles. The summed E-state index contributed by atoms with van der Waals surface area (Å²) in [7, 11) is -3.74. The van der Waals surface area contributed by atoms with Crippen LogP contribution in [0.25, 0.3) is 0 Å². The van der Waals surface area contributed by atoms with Crippen LogP contribution < -0.4 is 4.18 Å². The molecule has 0 atom stereocenters. The maximum absolute atomic E-state index is 11.6. The van der Waals surface area contributed by atoms with Crippen molar-refractivity contribution >= 4 is 21.5 Å². The van der Waals surface area contributed by atoms with Gasteiger partial charge in [0.1, 0.15) is 6.33 Å². The van der Waals surface area contributed by atoms with Crippen LogP contribution >= 0.6 is 11.3 Å². The van der Waals surface area contributed by atoms with Crippen molar-refractivity contribution in [2.24, 2.45) is 0 Å². The highest BCUT2D eigenvalue weighted by Crippen LogP contribution is 2.19. The van der Waals surface area contributed by atoms with E-state index in [4.69, 9.17) is 4.18 Å². The minimum absolute atomic E-state index is 0.0124. The maximum Gasteiger partial charge on any atom is 0.350 e. The van der Waals surface area contributed by atoms with Crippen LogP contribution in [0.1, 0.15) is 0 Å². The normalized spacial score (nSPS) is 11.2. The van der Waals surface area contributed by atoms with Gasteiger partial charge in [-0.05, 0) is 11.4 Å². The Balaban J connectivity index is 2.27. The number of rotatable bonds is 3. The molecule has 2 heterocycles. The van der Waals surface area contributed by atoms with Crippen molar-refractivity contribution < 1.29 is 12.6 Å². The molecule has 78 valence electrons. The largest absolute Gasteiger partial charge is 0.358 e. The molecule has 2 rings (SSSR count). The minimum Gasteiger partial charge on any atom is -0.358 e. The van der Waals surface area contributed by atoms with Gasteiger partial charge in [-0.3, -0.25) is 0 Å². The van der Waals surface area contributed by atoms with Crippen molar-refractivity contribution in [2.45, 2.75) is 4.21 Å². The Morgan fingerprint density at radius 1 is 1.33 bits per heavy atom. The van der Waals surface area contributed by atoms with E-state index in [1.807, 2.05) is 0 Å². The zero-order valence-corrected chi connectivity index (χ0v) is 9.03. The second-order valence-corrected chi connectivity index (χ2v) is 5.24. The van der Waals surface area contributed by atoms with Crippen molar-refractivity contribution in [2.75, 3.05) is 0 Å². The predicted octanol–water partition coefficient (Wildman–Crippen LogP) is 1.31. The van der Waals surface area contributed by atoms with Gasteiger partial charge in [0.15, 0.2) is 4.21 Å². The highest BCUT2D eigenvalue weighted by atomic mass is 32.3. The van der Waals surface area contributed by atoms with Crippen molar-refractivity contribution in [1.29, 1.82) is 0 Å². The highest BCUT2D eigenvalue weighted by Gasteiger charge is 2.17. The predicted molar refractivity (Wildman–Crippen MR) is 54.2 cm³/mol. The molecule has 0 unspecified atom stereocenters. The van der Waals surface area contributed by atoms with E-state index in [9.17, 15) is 8.42 Å². The molecule has 0 aliphatic rings. The van der Waals surface area contributed by atoms with Crippen LogP contribution in [0.2, 0.25) is 0 Å². The third-order valence-corrected chi connectivity index (χ3v) is 4.07. The number of nitrogens with zero attached hydrogens (tertiary/aromatic N) is 2. The van der Waals surface area contributed by atoms with Crippen LogP contribution in [0, 0.1) is 0 Å². The quantitative estimate of drug-likeness (QED) is 0.759. The van der Waals surface area contributed by atoms with Crippen molar-refractivity contribution in [3.63, 3.8) is 0 Å². The summed E-state index contributed by atoms with van der Waals surface area (Å²) in [5.41, 5.74) is 0. The van der Waals surface area contributed by atoms with Gasteiger partial charge in [0, 0.05) is 12.3 Å². The molecule has 0 bridgehead atoms. The van der Waals surface area contributed by atoms with Gasteiger partial charge in [-0.15, -0.1) is 11.3 Å². The number of hydrogen-bond donors (Lipinski definition) is 0. The van der Waals surface area contributed by atoms with Crippen molar-refractivity contribution in [3.8, 4) is 5.88 Å². The Morgan fingerprint density at radius 2 is 2.20 bits per heavy atom. The van der Waals surface area contributed by atoms with Gasteiger partial charge in [0.25, 0.3) is 0 Å². The first-order valence-corrected chi connectivity index (χ1v) is 6.21. The van der Waals surface area contributed by atoms with Crippen LogP contribution in [0.15, 0.2) is 40.3 Å². The standard InChI is InChI=1S/C8H6N2O3S2/c11-15(12,8-2-1-5-14-8)13-7-3-4-9-6-10-7/h1-6H. The Labute approximate surface area is 90.5 Å². The summed E-state index contributed by atoms with van der Waals surface area (Å²) in [5.74, 6) is 0.0124. The fourth-order valence-corrected chi connectivity index (χ4v) is 2.73. The van der Waals surface area contributed by atoms with Gasteiger partial charge < -0.3 is 4.18 Å². The number of aromatic nitrogens is 2. The van der Waals surface area contributed by atoms with Gasteiger partial charge in [-0.25, -0.2) is 9.97 Å². The summed E-state index contributed by atoms with van der Waals surface area (Å²) in [5, 5.41) is 1.66. The molecule has 0 aromatic carbocycles. The SMILES string of the molecule is O=S(=O)(Oc1ccncn1)c1cccs1. The van der Waals surface area contributed by atoms with E-state index < -0.39 is 10.1 Å². The number of hydrogen-bond acceptors (Lipinski definition) is 6. The zero-order chi connectivity index (χ0) is 10.7. The van der Waals surface area contributed by atoms with E-state index in [0.29, 0.717) is 0 Å². The molecular weight excluding hydrogens is 236 g/mol. The summed E-state index contributed by atoms with van der Waals surface area (Å²) < 4.78 is 28.1. The smallest absolute Gasteiger partial charge is 0.350 e. The lowest BCUT2D eigenvalue weighted by Gasteiger charge is -2.02. The lowest BCUT2D eigenvalue weighted by molar-refractivity contribution is 0.477. The third kappa shape index (κ3) is 2.31. The summed E-state index contributed by atoms with van der Waals surface area (Å²) in [4.78, 5) is 7.32. The Bertz CT molecular complexity index is 522. The first-order chi connectivity index (χ1) is 7.18. The van der Waals surface area contributed by atoms with Gasteiger partial charge in [0.05, 0.1) is 0 Å². The van der Waals surface area contributed by atoms with Gasteiger partial charge >= 0.3 is 10.1 Å². The van der Waals surface area contributed by atoms with Crippen LogP contribution in [-0.2, 0) is 10.1 Å². The van der Waals surface area contributed by atoms with Crippen molar-refractivity contribution in [3.05, 3.63) is 36.1 Å². The Hall–Kier alpha value is -1.47. The molecule has 15 heavy (non-hydrogen) atoms. The fourth-order valence-electron chi connectivity index (χ4n) is 0.887. The maximum atomic E-state index is 11.6. The molecule has 0 fully saturated rings. The molecule has 0 N–H and O–H groups in total. The van der Waals surface area contributed by atoms with E-state index in [1.165, 1.54) is 24.7 Å². The fraction of sp³-hybridized carbons (Fsp3) is 0. The van der Waals surface area contributed by atoms with Gasteiger partial charge in [-0.2, -0.15) is 8.42 Å². The molecular formula is C8H6N2O3S2. The van der Waals surface area contributed by atoms with Gasteiger partial charge in [-0.1, -0.05) is 6.07 Å². The first-order valence-electron chi connectivity index (χ1n) is 3.92. The molecule has 5 nitrogen and oxygen atoms in total. The summed E-state index contributed by atoms with van der Waals surface area (Å²) in [6.45, 7) is 0. The summed E-state index contributed by atoms with van der Waals surface area (Å²) in [6, 6.07) is 4.49. The second-order valence-electron chi connectivity index (χ2n) is 2.52. The van der Waals surface area contributed by atoms with E-state index in [1.54, 1.807) is 11.4 Å². The van der Waals surface area contributed by atoms with E-state index >= 15 is 0 Å². The molecule has 7 heteroatoms. The zero-order valence-electron chi connectivity index (χ0n) is 7.40. The average Bonchev–Trinajstić information content (AvgIpc) is 2.71. The molecule has 2 aromatic rings. The van der Waals surface area contributed by atoms with E-state index in [0.717, 1.165) is 11.3 Å². The molecule has 2 aromatic heterocycles. The second kappa shape index (κ2) is 3.95. The summed E-state index contributed by atoms with van der Waals surface area (Å²) in [6.07, 6.45) is 2.63. The van der Waals surface area contributed by atoms with Crippen LogP contribution in [0.4, 0.5) is 0 Å². The molecule has 0 radical (unpaired) electrons. The average molecular weight is 242 g/mol. The Kier molecular flexibility index (Phi) is 2.65. The van der Waals surface area contributed by atoms with Crippen molar-refractivity contribution in [1.82, 2.24) is 9.97 Å². The monoisotopic (exact) mass is 242 g/mol. The third-order valence-electron chi connectivity index (χ3n) is 1.49. The lowest BCUT2D eigenvalue weighted by atomic mass is 10.6. The topological polar surface area (TPSA) is 69.2 Å². The molecule has 0 saturated heterocycles. The van der Waals surface area contributed by atoms with Crippen LogP contribution in [0.3, 0.4) is 0 Å². The highest BCUT2D eigenvalue weighted by molar-refractivity contribution is 7.89. The first kappa shape index (κ1) is 10.1. The van der Waals surface area contributed by atoms with E-state index in [-0.39, 0.29) is 10.1 Å². The van der Waals surface area contributed by atoms with Crippen LogP contribution in [-0.4, -0.2) is 18.4 Å².